The first-order valence-corrected chi connectivity index (χ1v) is 8.77. The summed E-state index contributed by atoms with van der Waals surface area (Å²) in [5, 5.41) is 3.70. The van der Waals surface area contributed by atoms with Crippen molar-refractivity contribution >= 4 is 34.3 Å². The molecule has 0 bridgehead atoms. The Hall–Kier alpha value is -3.58. The predicted octanol–water partition coefficient (Wildman–Crippen LogP) is 5.32. The molecular weight excluding hydrogens is 380 g/mol. The highest BCUT2D eigenvalue weighted by molar-refractivity contribution is 6.30. The average Bonchev–Trinajstić information content (AvgIpc) is 3.07. The minimum Gasteiger partial charge on any atom is -0.436 e. The van der Waals surface area contributed by atoms with E-state index in [1.54, 1.807) is 36.7 Å². The third-order valence-corrected chi connectivity index (χ3v) is 4.21. The molecule has 1 aromatic carbocycles. The summed E-state index contributed by atoms with van der Waals surface area (Å²) in [5.74, 6) is 1.17. The molecule has 0 aliphatic carbocycles. The summed E-state index contributed by atoms with van der Waals surface area (Å²) in [6.07, 6.45) is 4.05. The summed E-state index contributed by atoms with van der Waals surface area (Å²) in [6.45, 7) is 2.00. The van der Waals surface area contributed by atoms with Crippen molar-refractivity contribution in [2.45, 2.75) is 6.92 Å². The van der Waals surface area contributed by atoms with Crippen molar-refractivity contribution in [3.05, 3.63) is 71.8 Å². The van der Waals surface area contributed by atoms with Crippen LogP contribution >= 0.6 is 11.6 Å². The van der Waals surface area contributed by atoms with Gasteiger partial charge in [0.25, 0.3) is 0 Å². The number of carbonyl (C=O) groups is 1. The smallest absolute Gasteiger partial charge is 0.417 e. The Kier molecular flexibility index (Phi) is 4.82. The van der Waals surface area contributed by atoms with E-state index in [4.69, 9.17) is 21.1 Å². The van der Waals surface area contributed by atoms with Gasteiger partial charge in [-0.2, -0.15) is 0 Å². The summed E-state index contributed by atoms with van der Waals surface area (Å²) in [7, 11) is 0. The number of aryl methyl sites for hydroxylation is 1. The average molecular weight is 395 g/mol. The van der Waals surface area contributed by atoms with Crippen LogP contribution in [0.2, 0.25) is 5.15 Å². The number of hydrogen-bond acceptors (Lipinski definition) is 5. The van der Waals surface area contributed by atoms with Gasteiger partial charge in [0.1, 0.15) is 0 Å². The zero-order chi connectivity index (χ0) is 19.5. The van der Waals surface area contributed by atoms with Crippen LogP contribution in [0.3, 0.4) is 0 Å². The number of fused-ring (bicyclic) bond motifs is 1. The number of H-pyrrole nitrogens is 1. The van der Waals surface area contributed by atoms with E-state index in [1.165, 1.54) is 6.20 Å². The molecule has 3 heterocycles. The van der Waals surface area contributed by atoms with Crippen molar-refractivity contribution in [3.63, 3.8) is 0 Å². The molecule has 0 saturated heterocycles. The number of benzene rings is 1. The molecule has 4 aromatic rings. The first kappa shape index (κ1) is 17.8. The van der Waals surface area contributed by atoms with E-state index >= 15 is 0 Å². The summed E-state index contributed by atoms with van der Waals surface area (Å²) < 4.78 is 10.9. The highest BCUT2D eigenvalue weighted by Gasteiger charge is 2.11. The number of pyridine rings is 2. The Bertz CT molecular complexity index is 1140. The summed E-state index contributed by atoms with van der Waals surface area (Å²) in [6, 6.07) is 12.5. The van der Waals surface area contributed by atoms with Crippen LogP contribution in [0.15, 0.2) is 61.1 Å². The monoisotopic (exact) mass is 394 g/mol. The number of nitrogens with zero attached hydrogens (tertiary/aromatic N) is 2. The lowest BCUT2D eigenvalue weighted by Gasteiger charge is -2.08. The zero-order valence-electron chi connectivity index (χ0n) is 14.8. The van der Waals surface area contributed by atoms with E-state index < -0.39 is 6.09 Å². The maximum Gasteiger partial charge on any atom is 0.417 e. The van der Waals surface area contributed by atoms with E-state index in [9.17, 15) is 4.79 Å². The highest BCUT2D eigenvalue weighted by Crippen LogP contribution is 2.27. The molecule has 2 N–H and O–H groups in total. The van der Waals surface area contributed by atoms with E-state index in [0.717, 1.165) is 16.5 Å². The largest absolute Gasteiger partial charge is 0.436 e. The molecule has 0 radical (unpaired) electrons. The lowest BCUT2D eigenvalue weighted by molar-refractivity contribution is 0.215. The Morgan fingerprint density at radius 3 is 2.82 bits per heavy atom. The highest BCUT2D eigenvalue weighted by atomic mass is 35.5. The van der Waals surface area contributed by atoms with Crippen molar-refractivity contribution in [2.24, 2.45) is 0 Å². The van der Waals surface area contributed by atoms with Gasteiger partial charge in [0, 0.05) is 29.4 Å². The minimum absolute atomic E-state index is 0.240. The molecule has 0 fully saturated rings. The Balaban J connectivity index is 1.41. The van der Waals surface area contributed by atoms with Gasteiger partial charge in [-0.15, -0.1) is 0 Å². The van der Waals surface area contributed by atoms with E-state index in [0.29, 0.717) is 23.1 Å². The number of ether oxygens (including phenoxy) is 2. The molecule has 28 heavy (non-hydrogen) atoms. The summed E-state index contributed by atoms with van der Waals surface area (Å²) in [5.41, 5.74) is 2.48. The van der Waals surface area contributed by atoms with Gasteiger partial charge >= 0.3 is 6.09 Å². The number of aromatic amines is 1. The Morgan fingerprint density at radius 2 is 2.04 bits per heavy atom. The van der Waals surface area contributed by atoms with Gasteiger partial charge in [-0.3, -0.25) is 5.32 Å². The molecule has 140 valence electrons. The lowest BCUT2D eigenvalue weighted by Crippen LogP contribution is -2.16. The van der Waals surface area contributed by atoms with E-state index in [2.05, 4.69) is 20.3 Å². The van der Waals surface area contributed by atoms with Crippen LogP contribution in [0, 0.1) is 6.92 Å². The Morgan fingerprint density at radius 1 is 1.14 bits per heavy atom. The summed E-state index contributed by atoms with van der Waals surface area (Å²) >= 11 is 5.95. The van der Waals surface area contributed by atoms with Gasteiger partial charge in [0.2, 0.25) is 5.88 Å². The Labute approximate surface area is 165 Å². The molecule has 0 unspecified atom stereocenters. The molecule has 4 rings (SSSR count). The lowest BCUT2D eigenvalue weighted by atomic mass is 10.2. The van der Waals surface area contributed by atoms with Crippen LogP contribution in [-0.4, -0.2) is 21.0 Å². The fraction of sp³-hybridized carbons (Fsp3) is 0.0500. The maximum atomic E-state index is 12.2. The topological polar surface area (TPSA) is 89.1 Å². The van der Waals surface area contributed by atoms with Crippen molar-refractivity contribution in [3.8, 4) is 17.4 Å². The number of amides is 1. The quantitative estimate of drug-likeness (QED) is 0.457. The molecule has 1 amide bonds. The molecule has 3 aromatic heterocycles. The van der Waals surface area contributed by atoms with Gasteiger partial charge in [-0.05, 0) is 42.8 Å². The van der Waals surface area contributed by atoms with Crippen LogP contribution in [0.25, 0.3) is 10.9 Å². The van der Waals surface area contributed by atoms with Gasteiger partial charge in [-0.25, -0.2) is 14.8 Å². The minimum atomic E-state index is -0.618. The maximum absolute atomic E-state index is 12.2. The molecule has 0 aliphatic heterocycles. The van der Waals surface area contributed by atoms with Crippen molar-refractivity contribution in [1.29, 1.82) is 0 Å². The third kappa shape index (κ3) is 3.89. The SMILES string of the molecule is Cc1ccc2c(OC(=O)Nc3ccc(Oc4cccnc4Cl)nc3)c[nH]c2c1. The molecule has 0 saturated carbocycles. The number of hydrogen-bond donors (Lipinski definition) is 2. The first-order valence-electron chi connectivity index (χ1n) is 8.39. The number of halogens is 1. The fourth-order valence-corrected chi connectivity index (χ4v) is 2.77. The molecule has 0 atom stereocenters. The fourth-order valence-electron chi connectivity index (χ4n) is 2.62. The van der Waals surface area contributed by atoms with Crippen LogP contribution in [0.4, 0.5) is 10.5 Å². The third-order valence-electron chi connectivity index (χ3n) is 3.92. The van der Waals surface area contributed by atoms with E-state index in [1.807, 2.05) is 25.1 Å². The molecule has 0 aliphatic rings. The molecule has 0 spiro atoms. The number of rotatable bonds is 4. The molecule has 8 heteroatoms. The van der Waals surface area contributed by atoms with Gasteiger partial charge in [0.05, 0.1) is 11.9 Å². The van der Waals surface area contributed by atoms with E-state index in [-0.39, 0.29) is 5.15 Å². The van der Waals surface area contributed by atoms with Crippen molar-refractivity contribution < 1.29 is 14.3 Å². The normalized spacial score (nSPS) is 10.6. The first-order chi connectivity index (χ1) is 13.6. The molecular formula is C20H15ClN4O3. The van der Waals surface area contributed by atoms with Crippen LogP contribution < -0.4 is 14.8 Å². The number of aromatic nitrogens is 3. The second-order valence-corrected chi connectivity index (χ2v) is 6.35. The molecule has 7 nitrogen and oxygen atoms in total. The van der Waals surface area contributed by atoms with Crippen LogP contribution in [0.5, 0.6) is 17.4 Å². The van der Waals surface area contributed by atoms with Crippen LogP contribution in [0.1, 0.15) is 5.56 Å². The predicted molar refractivity (Wildman–Crippen MR) is 106 cm³/mol. The van der Waals surface area contributed by atoms with Crippen LogP contribution in [-0.2, 0) is 0 Å². The second-order valence-electron chi connectivity index (χ2n) is 6.00. The van der Waals surface area contributed by atoms with Gasteiger partial charge < -0.3 is 14.5 Å². The van der Waals surface area contributed by atoms with Crippen molar-refractivity contribution in [2.75, 3.05) is 5.32 Å². The zero-order valence-corrected chi connectivity index (χ0v) is 15.5. The van der Waals surface area contributed by atoms with Crippen molar-refractivity contribution in [1.82, 2.24) is 15.0 Å². The second kappa shape index (κ2) is 7.58. The number of carbonyl (C=O) groups excluding carboxylic acids is 1. The number of nitrogens with one attached hydrogen (secondary N) is 2. The van der Waals surface area contributed by atoms with Gasteiger partial charge in [0.15, 0.2) is 16.7 Å². The summed E-state index contributed by atoms with van der Waals surface area (Å²) in [4.78, 5) is 23.3. The standard InChI is InChI=1S/C20H15ClN4O3/c1-12-4-6-14-15(9-12)23-11-17(14)28-20(26)25-13-5-7-18(24-10-13)27-16-3-2-8-22-19(16)21/h2-11,23H,1H3,(H,25,26). The van der Waals surface area contributed by atoms with Gasteiger partial charge in [-0.1, -0.05) is 17.7 Å². The number of anilines is 1.